The van der Waals surface area contributed by atoms with Crippen molar-refractivity contribution in [2.45, 2.75) is 24.7 Å². The van der Waals surface area contributed by atoms with Crippen molar-refractivity contribution in [1.29, 1.82) is 0 Å². The largest absolute Gasteiger partial charge is 0.465 e. The zero-order chi connectivity index (χ0) is 21.2. The molecule has 0 unspecified atom stereocenters. The number of halogens is 1. The molecular weight excluding hydrogens is 458 g/mol. The molecule has 0 amide bonds. The molecule has 0 bridgehead atoms. The van der Waals surface area contributed by atoms with Crippen LogP contribution in [0.2, 0.25) is 0 Å². The Morgan fingerprint density at radius 3 is 2.28 bits per heavy atom. The molecule has 154 valence electrons. The lowest BCUT2D eigenvalue weighted by Crippen LogP contribution is -2.40. The Kier molecular flexibility index (Phi) is 6.55. The van der Waals surface area contributed by atoms with E-state index in [-0.39, 0.29) is 35.2 Å². The molecule has 0 radical (unpaired) electrons. The van der Waals surface area contributed by atoms with Gasteiger partial charge in [-0.3, -0.25) is 4.79 Å². The summed E-state index contributed by atoms with van der Waals surface area (Å²) in [5.74, 6) is -0.755. The average Bonchev–Trinajstić information content (AvgIpc) is 2.73. The first-order valence-electron chi connectivity index (χ1n) is 9.23. The molecule has 1 saturated heterocycles. The van der Waals surface area contributed by atoms with Crippen LogP contribution in [0, 0.1) is 12.8 Å². The molecule has 2 aromatic carbocycles. The normalized spacial score (nSPS) is 15.8. The number of aryl methyl sites for hydroxylation is 1. The van der Waals surface area contributed by atoms with Crippen LogP contribution in [-0.2, 0) is 14.8 Å². The van der Waals surface area contributed by atoms with Crippen molar-refractivity contribution in [3.8, 4) is 0 Å². The summed E-state index contributed by atoms with van der Waals surface area (Å²) in [6.45, 7) is 2.48. The number of nitrogens with zero attached hydrogens (tertiary/aromatic N) is 1. The third-order valence-corrected chi connectivity index (χ3v) is 7.73. The molecule has 0 aromatic heterocycles. The van der Waals surface area contributed by atoms with E-state index in [1.165, 1.54) is 29.6 Å². The van der Waals surface area contributed by atoms with Gasteiger partial charge in [0.1, 0.15) is 0 Å². The fraction of sp³-hybridized carbons (Fsp3) is 0.333. The molecule has 1 heterocycles. The standard InChI is InChI=1S/C21H22BrNO5S/c1-14-3-5-15(6-4-14)20(24)16-9-11-23(12-10-16)29(26,27)17-7-8-19(22)18(13-17)21(25)28-2/h3-8,13,16H,9-12H2,1-2H3. The molecule has 0 N–H and O–H groups in total. The van der Waals surface area contributed by atoms with Gasteiger partial charge < -0.3 is 4.74 Å². The Morgan fingerprint density at radius 1 is 1.07 bits per heavy atom. The third kappa shape index (κ3) is 4.60. The van der Waals surface area contributed by atoms with Crippen molar-refractivity contribution in [3.63, 3.8) is 0 Å². The maximum Gasteiger partial charge on any atom is 0.339 e. The Morgan fingerprint density at radius 2 is 1.69 bits per heavy atom. The van der Waals surface area contributed by atoms with Crippen molar-refractivity contribution < 1.29 is 22.7 Å². The summed E-state index contributed by atoms with van der Waals surface area (Å²) in [5, 5.41) is 0. The van der Waals surface area contributed by atoms with Crippen LogP contribution in [0.1, 0.15) is 39.1 Å². The molecule has 3 rings (SSSR count). The van der Waals surface area contributed by atoms with Gasteiger partial charge in [0.2, 0.25) is 10.0 Å². The van der Waals surface area contributed by atoms with Crippen LogP contribution in [-0.4, -0.2) is 44.7 Å². The molecule has 0 saturated carbocycles. The molecule has 0 spiro atoms. The van der Waals surface area contributed by atoms with Crippen LogP contribution in [0.15, 0.2) is 51.8 Å². The fourth-order valence-corrected chi connectivity index (χ4v) is 5.30. The highest BCUT2D eigenvalue weighted by Gasteiger charge is 2.33. The van der Waals surface area contributed by atoms with Crippen molar-refractivity contribution >= 4 is 37.7 Å². The number of rotatable bonds is 5. The highest BCUT2D eigenvalue weighted by Crippen LogP contribution is 2.28. The lowest BCUT2D eigenvalue weighted by molar-refractivity contribution is 0.0599. The van der Waals surface area contributed by atoms with E-state index < -0.39 is 16.0 Å². The second-order valence-electron chi connectivity index (χ2n) is 7.04. The Bertz CT molecular complexity index is 1030. The van der Waals surface area contributed by atoms with Crippen molar-refractivity contribution in [3.05, 3.63) is 63.6 Å². The van der Waals surface area contributed by atoms with Gasteiger partial charge in [-0.2, -0.15) is 4.31 Å². The Labute approximate surface area is 179 Å². The maximum atomic E-state index is 13.0. The van der Waals surface area contributed by atoms with Crippen LogP contribution in [0.25, 0.3) is 0 Å². The van der Waals surface area contributed by atoms with E-state index in [0.717, 1.165) is 5.56 Å². The highest BCUT2D eigenvalue weighted by molar-refractivity contribution is 9.10. The lowest BCUT2D eigenvalue weighted by Gasteiger charge is -2.30. The van der Waals surface area contributed by atoms with Gasteiger partial charge in [0.15, 0.2) is 5.78 Å². The van der Waals surface area contributed by atoms with Crippen molar-refractivity contribution in [2.75, 3.05) is 20.2 Å². The van der Waals surface area contributed by atoms with Crippen LogP contribution in [0.4, 0.5) is 0 Å². The minimum atomic E-state index is -3.77. The van der Waals surface area contributed by atoms with Gasteiger partial charge in [-0.1, -0.05) is 29.8 Å². The summed E-state index contributed by atoms with van der Waals surface area (Å²) in [4.78, 5) is 24.6. The predicted octanol–water partition coefficient (Wildman–Crippen LogP) is 3.83. The van der Waals surface area contributed by atoms with Gasteiger partial charge >= 0.3 is 5.97 Å². The first-order valence-corrected chi connectivity index (χ1v) is 11.5. The summed E-state index contributed by atoms with van der Waals surface area (Å²) < 4.78 is 32.6. The van der Waals surface area contributed by atoms with E-state index in [2.05, 4.69) is 15.9 Å². The first-order chi connectivity index (χ1) is 13.7. The van der Waals surface area contributed by atoms with E-state index >= 15 is 0 Å². The van der Waals surface area contributed by atoms with Crippen LogP contribution >= 0.6 is 15.9 Å². The molecule has 1 aliphatic heterocycles. The molecule has 29 heavy (non-hydrogen) atoms. The van der Waals surface area contributed by atoms with Crippen LogP contribution in [0.5, 0.6) is 0 Å². The summed E-state index contributed by atoms with van der Waals surface area (Å²) >= 11 is 3.24. The zero-order valence-electron chi connectivity index (χ0n) is 16.2. The quantitative estimate of drug-likeness (QED) is 0.480. The summed E-state index contributed by atoms with van der Waals surface area (Å²) in [7, 11) is -2.53. The number of Topliss-reactive ketones (excluding diaryl/α,β-unsaturated/α-hetero) is 1. The number of esters is 1. The number of ether oxygens (including phenoxy) is 1. The Balaban J connectivity index is 1.74. The monoisotopic (exact) mass is 479 g/mol. The van der Waals surface area contributed by atoms with Gasteiger partial charge in [0.25, 0.3) is 0 Å². The molecule has 0 aliphatic carbocycles. The van der Waals surface area contributed by atoms with Crippen LogP contribution < -0.4 is 0 Å². The van der Waals surface area contributed by atoms with E-state index in [4.69, 9.17) is 4.74 Å². The zero-order valence-corrected chi connectivity index (χ0v) is 18.6. The van der Waals surface area contributed by atoms with E-state index in [1.54, 1.807) is 0 Å². The number of hydrogen-bond donors (Lipinski definition) is 0. The highest BCUT2D eigenvalue weighted by atomic mass is 79.9. The second-order valence-corrected chi connectivity index (χ2v) is 9.83. The van der Waals surface area contributed by atoms with Gasteiger partial charge in [-0.15, -0.1) is 0 Å². The number of ketones is 1. The molecule has 8 heteroatoms. The Hall–Kier alpha value is -2.03. The van der Waals surface area contributed by atoms with Gasteiger partial charge in [-0.05, 0) is 53.9 Å². The number of hydrogen-bond acceptors (Lipinski definition) is 5. The number of sulfonamides is 1. The summed E-state index contributed by atoms with van der Waals surface area (Å²) in [6, 6.07) is 11.7. The number of carbonyl (C=O) groups is 2. The average molecular weight is 480 g/mol. The maximum absolute atomic E-state index is 13.0. The third-order valence-electron chi connectivity index (χ3n) is 5.14. The fourth-order valence-electron chi connectivity index (χ4n) is 3.39. The number of piperidine rings is 1. The van der Waals surface area contributed by atoms with E-state index in [0.29, 0.717) is 22.9 Å². The van der Waals surface area contributed by atoms with Crippen molar-refractivity contribution in [1.82, 2.24) is 4.31 Å². The molecule has 1 aliphatic rings. The minimum absolute atomic E-state index is 0.0319. The summed E-state index contributed by atoms with van der Waals surface area (Å²) in [6.07, 6.45) is 0.929. The summed E-state index contributed by atoms with van der Waals surface area (Å²) in [5.41, 5.74) is 1.90. The smallest absolute Gasteiger partial charge is 0.339 e. The van der Waals surface area contributed by atoms with E-state index in [1.807, 2.05) is 31.2 Å². The number of benzene rings is 2. The molecular formula is C21H22BrNO5S. The number of methoxy groups -OCH3 is 1. The second kappa shape index (κ2) is 8.77. The molecule has 1 fully saturated rings. The van der Waals surface area contributed by atoms with Crippen LogP contribution in [0.3, 0.4) is 0 Å². The van der Waals surface area contributed by atoms with E-state index in [9.17, 15) is 18.0 Å². The van der Waals surface area contributed by atoms with Gasteiger partial charge in [-0.25, -0.2) is 13.2 Å². The molecule has 6 nitrogen and oxygen atoms in total. The first kappa shape index (κ1) is 21.7. The minimum Gasteiger partial charge on any atom is -0.465 e. The SMILES string of the molecule is COC(=O)c1cc(S(=O)(=O)N2CCC(C(=O)c3ccc(C)cc3)CC2)ccc1Br. The number of carbonyl (C=O) groups excluding carboxylic acids is 2. The van der Waals surface area contributed by atoms with Gasteiger partial charge in [0, 0.05) is 29.0 Å². The molecule has 0 atom stereocenters. The topological polar surface area (TPSA) is 80.8 Å². The van der Waals surface area contributed by atoms with Gasteiger partial charge in [0.05, 0.1) is 17.6 Å². The van der Waals surface area contributed by atoms with Crippen molar-refractivity contribution in [2.24, 2.45) is 5.92 Å². The molecule has 2 aromatic rings. The predicted molar refractivity (Wildman–Crippen MR) is 112 cm³/mol. The lowest BCUT2D eigenvalue weighted by atomic mass is 9.89.